The van der Waals surface area contributed by atoms with Gasteiger partial charge in [-0.1, -0.05) is 82.3 Å². The number of aryl methyl sites for hydroxylation is 1. The first-order chi connectivity index (χ1) is 68.6. The Balaban J connectivity index is 1.23. The van der Waals surface area contributed by atoms with Crippen molar-refractivity contribution < 1.29 is 116 Å². The van der Waals surface area contributed by atoms with Crippen molar-refractivity contribution in [2.75, 3.05) is 93.5 Å². The molecule has 145 heavy (non-hydrogen) atoms. The summed E-state index contributed by atoms with van der Waals surface area (Å²) in [7, 11) is 6.21. The fourth-order valence-electron chi connectivity index (χ4n) is 16.4. The lowest BCUT2D eigenvalue weighted by molar-refractivity contribution is -0.142. The zero-order valence-electron chi connectivity index (χ0n) is 83.3. The number of aliphatic hydroxyl groups is 2. The molecule has 0 bridgehead atoms. The zero-order chi connectivity index (χ0) is 107. The molecule has 2 aliphatic rings. The number of carbonyl (C=O) groups excluding carboxylic acids is 18. The smallest absolute Gasteiger partial charge is 0.246 e. The normalized spacial score (nSPS) is 19.0. The van der Waals surface area contributed by atoms with E-state index in [1.807, 2.05) is 13.0 Å². The number of aromatic hydroxyl groups is 1. The van der Waals surface area contributed by atoms with Gasteiger partial charge in [-0.3, -0.25) is 91.3 Å². The average Bonchev–Trinajstić information content (AvgIpc) is 1.43. The minimum atomic E-state index is -2.09. The number of pyridine rings is 1. The summed E-state index contributed by atoms with van der Waals surface area (Å²) in [5.74, 6) is -18.4. The van der Waals surface area contributed by atoms with E-state index in [0.29, 0.717) is 49.7 Å². The average molecular weight is 2060 g/mol. The number of carbonyl (C=O) groups is 18. The molecular formula is C98H137N21O24S2. The van der Waals surface area contributed by atoms with Crippen LogP contribution in [0.3, 0.4) is 0 Å². The predicted octanol–water partition coefficient (Wildman–Crippen LogP) is -2.08. The van der Waals surface area contributed by atoms with Crippen LogP contribution in [0.5, 0.6) is 11.5 Å². The molecule has 24 N–H and O–H groups in total. The van der Waals surface area contributed by atoms with E-state index in [-0.39, 0.29) is 135 Å². The quantitative estimate of drug-likeness (QED) is 0.0144. The van der Waals surface area contributed by atoms with Crippen molar-refractivity contribution in [3.63, 3.8) is 0 Å². The Morgan fingerprint density at radius 2 is 1.25 bits per heavy atom. The van der Waals surface area contributed by atoms with Crippen molar-refractivity contribution in [3.8, 4) is 11.5 Å². The molecule has 1 unspecified atom stereocenters. The number of phenolic OH excluding ortho intramolecular Hbond substituents is 1. The molecule has 4 heterocycles. The summed E-state index contributed by atoms with van der Waals surface area (Å²) >= 11 is 0. The Hall–Kier alpha value is -13.6. The molecule has 6 aromatic rings. The first-order valence-corrected chi connectivity index (χ1v) is 49.8. The Kier molecular flexibility index (Phi) is 44.6. The highest BCUT2D eigenvalue weighted by Gasteiger charge is 2.48. The maximum Gasteiger partial charge on any atom is 0.246 e. The van der Waals surface area contributed by atoms with Crippen LogP contribution in [0.4, 0.5) is 0 Å². The molecule has 2 saturated heterocycles. The Bertz CT molecular complexity index is 5570. The molecule has 0 spiro atoms. The number of H-pyrrole nitrogens is 1. The number of ether oxygens (including phenoxy) is 3. The van der Waals surface area contributed by atoms with Crippen molar-refractivity contribution in [1.29, 1.82) is 0 Å². The van der Waals surface area contributed by atoms with Gasteiger partial charge in [-0.15, -0.1) is 0 Å². The number of phenols is 1. The highest BCUT2D eigenvalue weighted by Crippen LogP contribution is 2.48. The van der Waals surface area contributed by atoms with Crippen molar-refractivity contribution in [1.82, 2.24) is 88.5 Å². The third-order valence-electron chi connectivity index (χ3n) is 24.8. The van der Waals surface area contributed by atoms with Crippen molar-refractivity contribution in [3.05, 3.63) is 137 Å². The number of aliphatic hydroxyl groups excluding tert-OH is 2. The summed E-state index contributed by atoms with van der Waals surface area (Å²) in [6, 6.07) is 7.00. The molecule has 790 valence electrons. The molecular weight excluding hydrogens is 1920 g/mol. The third kappa shape index (κ3) is 35.7. The van der Waals surface area contributed by atoms with Gasteiger partial charge in [-0.25, -0.2) is 0 Å². The molecule has 0 aliphatic carbocycles. The van der Waals surface area contributed by atoms with Gasteiger partial charge in [0.15, 0.2) is 0 Å². The van der Waals surface area contributed by atoms with E-state index >= 15 is 38.4 Å². The van der Waals surface area contributed by atoms with Crippen molar-refractivity contribution in [2.24, 2.45) is 28.9 Å². The number of likely N-dealkylation sites (N-methyl/N-ethyl adjacent to an activating group) is 2. The molecule has 2 fully saturated rings. The molecule has 0 saturated carbocycles. The number of hydrogen-bond acceptors (Lipinski definition) is 28. The van der Waals surface area contributed by atoms with Crippen LogP contribution in [-0.2, 0) is 121 Å². The van der Waals surface area contributed by atoms with Gasteiger partial charge in [0, 0.05) is 158 Å². The first-order valence-electron chi connectivity index (χ1n) is 47.7. The molecule has 18 amide bonds. The van der Waals surface area contributed by atoms with E-state index in [9.17, 15) is 63.3 Å². The Labute approximate surface area is 847 Å². The number of primary amides is 3. The molecule has 2 aromatic heterocycles. The summed E-state index contributed by atoms with van der Waals surface area (Å²) in [5, 5.41) is 65.3. The second-order valence-corrected chi connectivity index (χ2v) is 40.7. The monoisotopic (exact) mass is 2060 g/mol. The Morgan fingerprint density at radius 1 is 0.621 bits per heavy atom. The fraction of sp³-hybridized carbons (Fsp3) is 0.520. The minimum Gasteiger partial charge on any atom is -0.508 e. The molecule has 12 atom stereocenters. The molecule has 4 aromatic carbocycles. The molecule has 2 aliphatic heterocycles. The van der Waals surface area contributed by atoms with Crippen LogP contribution in [-0.4, -0.2) is 321 Å². The van der Waals surface area contributed by atoms with Crippen LogP contribution in [0.25, 0.3) is 21.7 Å². The van der Waals surface area contributed by atoms with Crippen molar-refractivity contribution in [2.45, 2.75) is 227 Å². The maximum absolute atomic E-state index is 16.4. The number of aromatic amines is 1. The minimum absolute atomic E-state index is 0.0114. The van der Waals surface area contributed by atoms with Gasteiger partial charge in [0.25, 0.3) is 0 Å². The van der Waals surface area contributed by atoms with Crippen LogP contribution < -0.4 is 91.5 Å². The van der Waals surface area contributed by atoms with Crippen LogP contribution in [0, 0.1) is 12.8 Å². The number of rotatable bonds is 46. The highest BCUT2D eigenvalue weighted by molar-refractivity contribution is 8.77. The van der Waals surface area contributed by atoms with Gasteiger partial charge >= 0.3 is 0 Å². The number of para-hydroxylation sites is 1. The number of nitrogens with two attached hydrogens (primary N) is 4. The van der Waals surface area contributed by atoms with Crippen LogP contribution in [0.15, 0.2) is 110 Å². The van der Waals surface area contributed by atoms with Gasteiger partial charge in [-0.2, -0.15) is 0 Å². The Morgan fingerprint density at radius 3 is 1.90 bits per heavy atom. The number of unbranched alkanes of at least 4 members (excludes halogenated alkanes) is 1. The maximum atomic E-state index is 16.4. The lowest BCUT2D eigenvalue weighted by Crippen LogP contribution is -2.67. The lowest BCUT2D eigenvalue weighted by atomic mass is 9.87. The second kappa shape index (κ2) is 55.5. The second-order valence-electron chi connectivity index (χ2n) is 37.3. The number of nitrogens with zero attached hydrogens (tertiary/aromatic N) is 4. The van der Waals surface area contributed by atoms with Gasteiger partial charge in [-0.05, 0) is 143 Å². The summed E-state index contributed by atoms with van der Waals surface area (Å²) < 4.78 is 13.9. The summed E-state index contributed by atoms with van der Waals surface area (Å²) in [5.41, 5.74) is 23.8. The van der Waals surface area contributed by atoms with Gasteiger partial charge in [0.05, 0.1) is 51.2 Å². The van der Waals surface area contributed by atoms with Crippen LogP contribution in [0.1, 0.15) is 140 Å². The largest absolute Gasteiger partial charge is 0.508 e. The topological polar surface area (TPSA) is 682 Å². The van der Waals surface area contributed by atoms with Gasteiger partial charge < -0.3 is 136 Å². The van der Waals surface area contributed by atoms with Gasteiger partial charge in [0.2, 0.25) is 106 Å². The number of nitrogens with one attached hydrogen (secondary N) is 13. The molecule has 47 heteroatoms. The summed E-state index contributed by atoms with van der Waals surface area (Å²) in [6.07, 6.45) is -1.59. The number of fused-ring (bicyclic) bond motifs is 2. The van der Waals surface area contributed by atoms with E-state index in [4.69, 9.17) is 37.1 Å². The summed E-state index contributed by atoms with van der Waals surface area (Å²) in [6.45, 7) is 10.3. The zero-order valence-corrected chi connectivity index (χ0v) is 85.0. The SMILES string of the molecule is CC(=O)N[C@@H]1C(=O)N[C@@H](CC(N)=O)C(=O)N[C@@H]([C@@H](C)O)C(=O)N[C@@H](Cc2c[nH]c3c(C)cccc23)C(=O)N[C@@H](CCCCN(C)C(C)=O)C(=O)NCC(C(=O)N[C@@H](Cc2ccc(OCCN)cc2)C(=O)N[C@@H](Cc2ccc3cc(O)ccc3c2)C(=O)NC2(C(=O)N[C@@H](CCCC(=O)N(C)CCOCCO)C(=O)N[C@@H](CC(N)=O)C(=O)N[C@@H](Cc3cccnc3)C(=O)N(C)CC(N)=O)CCOCC2)C(C)(C)SSC1(C)C. The van der Waals surface area contributed by atoms with E-state index in [0.717, 1.165) is 45.9 Å². The number of aromatic nitrogens is 2. The molecule has 8 rings (SSSR count). The number of amides is 18. The first kappa shape index (κ1) is 117. The summed E-state index contributed by atoms with van der Waals surface area (Å²) in [4.78, 5) is 273. The highest BCUT2D eigenvalue weighted by atomic mass is 33.1. The van der Waals surface area contributed by atoms with Crippen molar-refractivity contribution >= 4 is 150 Å². The van der Waals surface area contributed by atoms with Crippen LogP contribution >= 0.6 is 21.6 Å². The van der Waals surface area contributed by atoms with E-state index in [1.165, 1.54) is 69.2 Å². The van der Waals surface area contributed by atoms with E-state index in [2.05, 4.69) is 73.8 Å². The molecule has 45 nitrogen and oxygen atoms in total. The number of benzene rings is 4. The standard InChI is InChI=1S/C98H137N21O24S2/c1-55-17-14-19-67-64(52-104-81(55)67)48-73-88(133)107-69(20-12-13-35-117(9)58(4)123)85(130)105-53-68(96(5,6)144-145-97(7,8)83(106-57(3)122)93(138)112-75(50-78(101)126)90(135)115-82(56(2)121)92(137)111-73)84(129)108-71(44-59-24-29-66(30-25-59)143-40-33-99)87(132)109-72(45-60-23-26-63-47-65(124)28-27-62(63)43-60)91(136)116-98(31-38-141-39-32-98)95(140)114-70(21-15-22-80(128)118(10)36-41-142-42-37-120)86(131)110-74(49-77(100)125)89(134)113-76(46-61-18-16-34-103-51-61)94(139)119(11)54-79(102)127/h14,16-19,23-30,34,43,47,51-52,56,68-76,82-83,104,120-121,124H,12-13,15,20-22,31-33,35-42,44-46,48-50,53-54,99H2,1-11H3,(H2,100,125)(H2,101,126)(H2,102,127)(H,105,130)(H,106,122)(H,107,133)(H,108,129)(H,109,132)(H,110,131)(H,111,137)(H,112,138)(H,113,134)(H,114,140)(H,115,135)(H,116,136)/t56-,68?,69+,70+,71+,72+,73+,74+,75+,76+,82+,83-/m1/s1. The number of hydrogen-bond donors (Lipinski definition) is 20. The predicted molar refractivity (Wildman–Crippen MR) is 537 cm³/mol. The third-order valence-corrected chi connectivity index (χ3v) is 29.1. The van der Waals surface area contributed by atoms with Crippen LogP contribution in [0.2, 0.25) is 0 Å². The van der Waals surface area contributed by atoms with E-state index in [1.54, 1.807) is 99.9 Å². The molecule has 0 radical (unpaired) electrons. The lowest BCUT2D eigenvalue weighted by Gasteiger charge is -2.39. The fourth-order valence-corrected chi connectivity index (χ4v) is 19.3. The van der Waals surface area contributed by atoms with E-state index < -0.39 is 227 Å². The van der Waals surface area contributed by atoms with Gasteiger partial charge in [0.1, 0.15) is 84.1 Å².